The Morgan fingerprint density at radius 2 is 1.45 bits per heavy atom. The van der Waals surface area contributed by atoms with E-state index in [-0.39, 0.29) is 18.8 Å². The van der Waals surface area contributed by atoms with Gasteiger partial charge in [0.15, 0.2) is 0 Å². The summed E-state index contributed by atoms with van der Waals surface area (Å²) in [6, 6.07) is 16.8. The number of ether oxygens (including phenoxy) is 6. The van der Waals surface area contributed by atoms with E-state index in [9.17, 15) is 14.9 Å². The van der Waals surface area contributed by atoms with Gasteiger partial charge in [-0.2, -0.15) is 5.26 Å². The third kappa shape index (κ3) is 14.9. The molecule has 0 aliphatic carbocycles. The van der Waals surface area contributed by atoms with Crippen LogP contribution in [0.15, 0.2) is 66.8 Å². The Bertz CT molecular complexity index is 1200. The van der Waals surface area contributed by atoms with E-state index in [4.69, 9.17) is 40.0 Å². The molecule has 0 aliphatic heterocycles. The first-order valence-electron chi connectivity index (χ1n) is 14.4. The lowest BCUT2D eigenvalue weighted by atomic mass is 10.1. The summed E-state index contributed by atoms with van der Waals surface area (Å²) in [4.78, 5) is 25.4. The fraction of sp³-hybridized carbons (Fsp3) is 0.424. The van der Waals surface area contributed by atoms with Crippen molar-refractivity contribution >= 4 is 35.3 Å². The average molecular weight is 629 g/mol. The second kappa shape index (κ2) is 22.5. The summed E-state index contributed by atoms with van der Waals surface area (Å²) in [5.41, 5.74) is 1.48. The summed E-state index contributed by atoms with van der Waals surface area (Å²) in [7, 11) is 1.63. The van der Waals surface area contributed by atoms with Crippen molar-refractivity contribution in [3.05, 3.63) is 72.3 Å². The van der Waals surface area contributed by atoms with Crippen LogP contribution in [-0.2, 0) is 28.5 Å². The van der Waals surface area contributed by atoms with Gasteiger partial charge in [0.05, 0.1) is 13.7 Å². The number of benzene rings is 2. The molecule has 2 rings (SSSR count). The predicted octanol–water partition coefficient (Wildman–Crippen LogP) is 5.20. The first-order chi connectivity index (χ1) is 21.5. The van der Waals surface area contributed by atoms with E-state index in [1.165, 1.54) is 6.08 Å². The van der Waals surface area contributed by atoms with Gasteiger partial charge in [-0.15, -0.1) is 11.6 Å². The van der Waals surface area contributed by atoms with Crippen LogP contribution in [0.4, 0.5) is 5.69 Å². The molecular formula is C33H41ClN2O8. The van der Waals surface area contributed by atoms with Gasteiger partial charge in [0, 0.05) is 63.6 Å². The summed E-state index contributed by atoms with van der Waals surface area (Å²) < 4.78 is 32.0. The number of nitrogens with zero attached hydrogens (tertiary/aromatic N) is 2. The van der Waals surface area contributed by atoms with E-state index in [2.05, 4.69) is 11.5 Å². The molecule has 10 nitrogen and oxygen atoms in total. The van der Waals surface area contributed by atoms with Gasteiger partial charge in [0.2, 0.25) is 0 Å². The molecule has 0 bridgehead atoms. The fourth-order valence-corrected chi connectivity index (χ4v) is 4.02. The van der Waals surface area contributed by atoms with Crippen molar-refractivity contribution in [2.45, 2.75) is 19.3 Å². The van der Waals surface area contributed by atoms with Crippen molar-refractivity contribution < 1.29 is 38.0 Å². The number of carbonyl (C=O) groups excluding carboxylic acids is 2. The maximum atomic E-state index is 12.2. The molecule has 0 aromatic heterocycles. The van der Waals surface area contributed by atoms with Gasteiger partial charge in [-0.3, -0.25) is 0 Å². The Kier molecular flexibility index (Phi) is 18.5. The molecule has 0 aliphatic rings. The van der Waals surface area contributed by atoms with Gasteiger partial charge >= 0.3 is 11.9 Å². The van der Waals surface area contributed by atoms with Gasteiger partial charge in [0.25, 0.3) is 0 Å². The summed E-state index contributed by atoms with van der Waals surface area (Å²) in [6.07, 6.45) is 4.92. The molecule has 0 heterocycles. The minimum Gasteiger partial charge on any atom is -0.497 e. The molecule has 0 amide bonds. The highest BCUT2D eigenvalue weighted by molar-refractivity contribution is 6.18. The molecule has 0 unspecified atom stereocenters. The van der Waals surface area contributed by atoms with E-state index in [0.29, 0.717) is 51.0 Å². The molecule has 44 heavy (non-hydrogen) atoms. The van der Waals surface area contributed by atoms with E-state index in [0.717, 1.165) is 49.1 Å². The normalized spacial score (nSPS) is 10.9. The Morgan fingerprint density at radius 3 is 2.07 bits per heavy atom. The third-order valence-electron chi connectivity index (χ3n) is 6.05. The quantitative estimate of drug-likeness (QED) is 0.0534. The second-order valence-electron chi connectivity index (χ2n) is 9.25. The third-order valence-corrected chi connectivity index (χ3v) is 6.22. The number of nitriles is 1. The number of hydrogen-bond donors (Lipinski definition) is 0. The zero-order valence-corrected chi connectivity index (χ0v) is 26.0. The molecule has 0 radical (unpaired) electrons. The van der Waals surface area contributed by atoms with Crippen LogP contribution in [0.2, 0.25) is 0 Å². The SMILES string of the molecule is C=CC(=O)OCCOC(=O)C(C#N)=Cc1ccc(N(CCCl)CCCOCCCOCCCOc2ccc(OC)cc2)cc1. The number of alkyl halides is 1. The number of esters is 2. The van der Waals surface area contributed by atoms with Crippen molar-refractivity contribution in [1.82, 2.24) is 0 Å². The average Bonchev–Trinajstić information content (AvgIpc) is 3.05. The molecule has 0 fully saturated rings. The topological polar surface area (TPSA) is 117 Å². The lowest BCUT2D eigenvalue weighted by molar-refractivity contribution is -0.146. The maximum absolute atomic E-state index is 12.2. The number of halogens is 1. The Hall–Kier alpha value is -4.04. The van der Waals surface area contributed by atoms with Crippen LogP contribution in [0.1, 0.15) is 24.8 Å². The van der Waals surface area contributed by atoms with Gasteiger partial charge in [0.1, 0.15) is 36.4 Å². The lowest BCUT2D eigenvalue weighted by Crippen LogP contribution is -2.27. The fourth-order valence-electron chi connectivity index (χ4n) is 3.82. The first kappa shape index (κ1) is 36.2. The number of rotatable bonds is 23. The molecule has 0 saturated heterocycles. The highest BCUT2D eigenvalue weighted by Crippen LogP contribution is 2.19. The van der Waals surface area contributed by atoms with Gasteiger partial charge in [-0.05, 0) is 60.9 Å². The summed E-state index contributed by atoms with van der Waals surface area (Å²) in [5.74, 6) is 0.670. The van der Waals surface area contributed by atoms with Crippen LogP contribution >= 0.6 is 11.6 Å². The highest BCUT2D eigenvalue weighted by atomic mass is 35.5. The monoisotopic (exact) mass is 628 g/mol. The molecule has 2 aromatic rings. The summed E-state index contributed by atoms with van der Waals surface area (Å²) in [6.45, 7) is 7.54. The van der Waals surface area contributed by atoms with Crippen LogP contribution in [0.5, 0.6) is 11.5 Å². The lowest BCUT2D eigenvalue weighted by Gasteiger charge is -2.24. The van der Waals surface area contributed by atoms with E-state index in [1.54, 1.807) is 7.11 Å². The van der Waals surface area contributed by atoms with Crippen molar-refractivity contribution in [2.24, 2.45) is 0 Å². The molecule has 11 heteroatoms. The number of hydrogen-bond acceptors (Lipinski definition) is 10. The number of anilines is 1. The van der Waals surface area contributed by atoms with Crippen LogP contribution in [0, 0.1) is 11.3 Å². The van der Waals surface area contributed by atoms with Crippen LogP contribution < -0.4 is 14.4 Å². The van der Waals surface area contributed by atoms with Gasteiger partial charge < -0.3 is 33.3 Å². The van der Waals surface area contributed by atoms with E-state index in [1.807, 2.05) is 54.6 Å². The van der Waals surface area contributed by atoms with Gasteiger partial charge in [-0.1, -0.05) is 18.7 Å². The Balaban J connectivity index is 1.62. The van der Waals surface area contributed by atoms with E-state index < -0.39 is 11.9 Å². The van der Waals surface area contributed by atoms with Crippen LogP contribution in [0.3, 0.4) is 0 Å². The standard InChI is InChI=1S/C33H41ClN2O8/c1-3-32(37)43-23-24-44-33(38)28(26-35)25-27-7-9-29(10-8-27)36(17-15-34)16-4-18-40-19-5-20-41-21-6-22-42-31-13-11-30(39-2)12-14-31/h3,7-14,25H,1,4-6,15-24H2,2H3. The molecule has 0 spiro atoms. The predicted molar refractivity (Wildman–Crippen MR) is 169 cm³/mol. The van der Waals surface area contributed by atoms with Crippen LogP contribution in [-0.4, -0.2) is 84.3 Å². The molecular weight excluding hydrogens is 588 g/mol. The summed E-state index contributed by atoms with van der Waals surface area (Å²) >= 11 is 6.03. The van der Waals surface area contributed by atoms with Crippen molar-refractivity contribution in [1.29, 1.82) is 5.26 Å². The van der Waals surface area contributed by atoms with Crippen molar-refractivity contribution in [2.75, 3.05) is 77.2 Å². The largest absolute Gasteiger partial charge is 0.497 e. The molecule has 238 valence electrons. The van der Waals surface area contributed by atoms with E-state index >= 15 is 0 Å². The first-order valence-corrected chi connectivity index (χ1v) is 15.0. The molecule has 0 N–H and O–H groups in total. The molecule has 2 aromatic carbocycles. The van der Waals surface area contributed by atoms with Gasteiger partial charge in [-0.25, -0.2) is 9.59 Å². The Morgan fingerprint density at radius 1 is 0.841 bits per heavy atom. The van der Waals surface area contributed by atoms with Crippen LogP contribution in [0.25, 0.3) is 6.08 Å². The summed E-state index contributed by atoms with van der Waals surface area (Å²) in [5, 5.41) is 9.37. The smallest absolute Gasteiger partial charge is 0.349 e. The zero-order chi connectivity index (χ0) is 31.8. The maximum Gasteiger partial charge on any atom is 0.349 e. The molecule has 0 atom stereocenters. The Labute approximate surface area is 264 Å². The second-order valence-corrected chi connectivity index (χ2v) is 9.63. The number of methoxy groups -OCH3 is 1. The zero-order valence-electron chi connectivity index (χ0n) is 25.2. The highest BCUT2D eigenvalue weighted by Gasteiger charge is 2.12. The minimum atomic E-state index is -0.795. The van der Waals surface area contributed by atoms with Crippen molar-refractivity contribution in [3.8, 4) is 17.6 Å². The number of carbonyl (C=O) groups is 2. The van der Waals surface area contributed by atoms with Crippen molar-refractivity contribution in [3.63, 3.8) is 0 Å². The minimum absolute atomic E-state index is 0.122. The molecule has 0 saturated carbocycles.